The van der Waals surface area contributed by atoms with E-state index in [2.05, 4.69) is 17.2 Å². The van der Waals surface area contributed by atoms with Crippen molar-refractivity contribution < 1.29 is 14.6 Å². The van der Waals surface area contributed by atoms with Gasteiger partial charge in [0.2, 0.25) is 0 Å². The van der Waals surface area contributed by atoms with E-state index in [9.17, 15) is 5.11 Å². The quantitative estimate of drug-likeness (QED) is 0.526. The smallest absolute Gasteiger partial charge is 0.108 e. The summed E-state index contributed by atoms with van der Waals surface area (Å²) >= 11 is 0. The van der Waals surface area contributed by atoms with Crippen LogP contribution in [0, 0.1) is 0 Å². The first-order chi connectivity index (χ1) is 12.2. The standard InChI is InChI=1S/C18H34N4O3/c1-2-3-4-5-6-7-8-9-10-22-11-15(20-21-22)12-24-14-17-18(23)16(19)13-25-17/h11,16-18,23H,2-10,12-14,19H2,1H3/t16-,17-,18-/m0/s1. The molecule has 144 valence electrons. The van der Waals surface area contributed by atoms with E-state index in [1.165, 1.54) is 44.9 Å². The number of hydrogen-bond donors (Lipinski definition) is 2. The van der Waals surface area contributed by atoms with Crippen molar-refractivity contribution in [3.05, 3.63) is 11.9 Å². The summed E-state index contributed by atoms with van der Waals surface area (Å²) in [6.45, 7) is 4.23. The molecule has 1 saturated heterocycles. The fourth-order valence-electron chi connectivity index (χ4n) is 3.06. The van der Waals surface area contributed by atoms with Crippen LogP contribution in [-0.2, 0) is 22.6 Å². The Morgan fingerprint density at radius 3 is 2.64 bits per heavy atom. The number of rotatable bonds is 13. The number of ether oxygens (including phenoxy) is 2. The normalized spacial score (nSPS) is 23.4. The van der Waals surface area contributed by atoms with E-state index in [1.807, 2.05) is 10.9 Å². The molecule has 0 radical (unpaired) electrons. The van der Waals surface area contributed by atoms with Gasteiger partial charge in [-0.2, -0.15) is 0 Å². The maximum Gasteiger partial charge on any atom is 0.108 e. The lowest BCUT2D eigenvalue weighted by atomic mass is 10.1. The molecule has 1 aliphatic heterocycles. The molecule has 0 bridgehead atoms. The van der Waals surface area contributed by atoms with Crippen molar-refractivity contribution in [2.75, 3.05) is 13.2 Å². The molecule has 0 saturated carbocycles. The number of unbranched alkanes of at least 4 members (excludes halogenated alkanes) is 7. The molecular weight excluding hydrogens is 320 g/mol. The van der Waals surface area contributed by atoms with E-state index in [0.29, 0.717) is 19.8 Å². The first-order valence-electron chi connectivity index (χ1n) is 9.72. The van der Waals surface area contributed by atoms with Gasteiger partial charge in [-0.25, -0.2) is 0 Å². The van der Waals surface area contributed by atoms with E-state index in [1.54, 1.807) is 0 Å². The summed E-state index contributed by atoms with van der Waals surface area (Å²) in [4.78, 5) is 0. The van der Waals surface area contributed by atoms with Gasteiger partial charge in [0.15, 0.2) is 0 Å². The van der Waals surface area contributed by atoms with Gasteiger partial charge in [-0.3, -0.25) is 4.68 Å². The molecule has 1 aromatic heterocycles. The predicted molar refractivity (Wildman–Crippen MR) is 96.0 cm³/mol. The van der Waals surface area contributed by atoms with Gasteiger partial charge in [-0.15, -0.1) is 5.10 Å². The molecule has 0 aliphatic carbocycles. The Morgan fingerprint density at radius 1 is 1.24 bits per heavy atom. The molecule has 0 amide bonds. The lowest BCUT2D eigenvalue weighted by Crippen LogP contribution is -2.38. The average molecular weight is 354 g/mol. The van der Waals surface area contributed by atoms with Crippen molar-refractivity contribution in [2.24, 2.45) is 5.73 Å². The fourth-order valence-corrected chi connectivity index (χ4v) is 3.06. The lowest BCUT2D eigenvalue weighted by Gasteiger charge is -2.14. The van der Waals surface area contributed by atoms with Crippen LogP contribution < -0.4 is 5.73 Å². The molecule has 7 nitrogen and oxygen atoms in total. The topological polar surface area (TPSA) is 95.4 Å². The van der Waals surface area contributed by atoms with Gasteiger partial charge in [0.05, 0.1) is 38.2 Å². The summed E-state index contributed by atoms with van der Waals surface area (Å²) in [5, 5.41) is 18.1. The van der Waals surface area contributed by atoms with Crippen molar-refractivity contribution in [3.8, 4) is 0 Å². The Bertz CT molecular complexity index is 469. The van der Waals surface area contributed by atoms with Crippen LogP contribution in [0.2, 0.25) is 0 Å². The average Bonchev–Trinajstić information content (AvgIpc) is 3.19. The Hall–Kier alpha value is -1.02. The van der Waals surface area contributed by atoms with E-state index in [-0.39, 0.29) is 12.1 Å². The minimum atomic E-state index is -0.655. The lowest BCUT2D eigenvalue weighted by molar-refractivity contribution is -0.0299. The fraction of sp³-hybridized carbons (Fsp3) is 0.889. The van der Waals surface area contributed by atoms with E-state index < -0.39 is 6.10 Å². The third-order valence-electron chi connectivity index (χ3n) is 4.68. The largest absolute Gasteiger partial charge is 0.389 e. The number of nitrogens with two attached hydrogens (primary N) is 1. The summed E-state index contributed by atoms with van der Waals surface area (Å²) in [7, 11) is 0. The molecule has 0 spiro atoms. The van der Waals surface area contributed by atoms with Crippen LogP contribution in [0.25, 0.3) is 0 Å². The number of hydrogen-bond acceptors (Lipinski definition) is 6. The van der Waals surface area contributed by atoms with Crippen LogP contribution in [0.15, 0.2) is 6.20 Å². The maximum absolute atomic E-state index is 9.80. The summed E-state index contributed by atoms with van der Waals surface area (Å²) in [6.07, 6.45) is 11.4. The van der Waals surface area contributed by atoms with Gasteiger partial charge in [-0.1, -0.05) is 57.1 Å². The van der Waals surface area contributed by atoms with Gasteiger partial charge in [0.1, 0.15) is 11.8 Å². The van der Waals surface area contributed by atoms with Gasteiger partial charge in [0.25, 0.3) is 0 Å². The zero-order valence-corrected chi connectivity index (χ0v) is 15.5. The van der Waals surface area contributed by atoms with Gasteiger partial charge in [0, 0.05) is 6.54 Å². The molecule has 7 heteroatoms. The molecular formula is C18H34N4O3. The SMILES string of the molecule is CCCCCCCCCCn1cc(COC[C@@H]2OC[C@H](N)[C@@H]2O)nn1. The van der Waals surface area contributed by atoms with Crippen molar-refractivity contribution in [1.82, 2.24) is 15.0 Å². The highest BCUT2D eigenvalue weighted by atomic mass is 16.5. The monoisotopic (exact) mass is 354 g/mol. The van der Waals surface area contributed by atoms with Crippen LogP contribution >= 0.6 is 0 Å². The van der Waals surface area contributed by atoms with Crippen LogP contribution in [0.5, 0.6) is 0 Å². The second-order valence-corrected chi connectivity index (χ2v) is 6.99. The summed E-state index contributed by atoms with van der Waals surface area (Å²) in [6, 6.07) is -0.318. The summed E-state index contributed by atoms with van der Waals surface area (Å²) in [5.41, 5.74) is 6.50. The van der Waals surface area contributed by atoms with Crippen molar-refractivity contribution >= 4 is 0 Å². The predicted octanol–water partition coefficient (Wildman–Crippen LogP) is 2.02. The highest BCUT2D eigenvalue weighted by molar-refractivity contribution is 4.90. The van der Waals surface area contributed by atoms with Crippen molar-refractivity contribution in [1.29, 1.82) is 0 Å². The second kappa shape index (κ2) is 11.6. The highest BCUT2D eigenvalue weighted by Gasteiger charge is 2.33. The molecule has 1 aliphatic rings. The summed E-state index contributed by atoms with van der Waals surface area (Å²) < 4.78 is 12.8. The Kier molecular flexibility index (Phi) is 9.39. The first-order valence-corrected chi connectivity index (χ1v) is 9.72. The zero-order valence-electron chi connectivity index (χ0n) is 15.5. The van der Waals surface area contributed by atoms with Gasteiger partial charge in [-0.05, 0) is 6.42 Å². The van der Waals surface area contributed by atoms with Crippen molar-refractivity contribution in [3.63, 3.8) is 0 Å². The van der Waals surface area contributed by atoms with Crippen LogP contribution in [-0.4, -0.2) is 51.6 Å². The van der Waals surface area contributed by atoms with Crippen LogP contribution in [0.3, 0.4) is 0 Å². The van der Waals surface area contributed by atoms with Crippen LogP contribution in [0.4, 0.5) is 0 Å². The summed E-state index contributed by atoms with van der Waals surface area (Å²) in [5.74, 6) is 0. The minimum absolute atomic E-state index is 0.318. The van der Waals surface area contributed by atoms with E-state index >= 15 is 0 Å². The van der Waals surface area contributed by atoms with Gasteiger partial charge >= 0.3 is 0 Å². The van der Waals surface area contributed by atoms with Crippen molar-refractivity contribution in [2.45, 2.75) is 89.7 Å². The Morgan fingerprint density at radius 2 is 1.96 bits per heavy atom. The van der Waals surface area contributed by atoms with Gasteiger partial charge < -0.3 is 20.3 Å². The Balaban J connectivity index is 1.51. The number of nitrogens with zero attached hydrogens (tertiary/aromatic N) is 3. The number of aliphatic hydroxyl groups is 1. The third-order valence-corrected chi connectivity index (χ3v) is 4.68. The Labute approximate surface area is 150 Å². The number of aromatic nitrogens is 3. The molecule has 3 atom stereocenters. The maximum atomic E-state index is 9.80. The second-order valence-electron chi connectivity index (χ2n) is 6.99. The highest BCUT2D eigenvalue weighted by Crippen LogP contribution is 2.13. The van der Waals surface area contributed by atoms with Crippen LogP contribution in [0.1, 0.15) is 64.0 Å². The number of aliphatic hydroxyl groups excluding tert-OH is 1. The molecule has 2 heterocycles. The zero-order chi connectivity index (χ0) is 17.9. The van der Waals surface area contributed by atoms with E-state index in [0.717, 1.165) is 18.7 Å². The molecule has 1 fully saturated rings. The minimum Gasteiger partial charge on any atom is -0.389 e. The molecule has 25 heavy (non-hydrogen) atoms. The molecule has 1 aromatic rings. The molecule has 3 N–H and O–H groups in total. The third kappa shape index (κ3) is 7.40. The number of aryl methyl sites for hydroxylation is 1. The first kappa shape index (κ1) is 20.3. The van der Waals surface area contributed by atoms with E-state index in [4.69, 9.17) is 15.2 Å². The molecule has 2 rings (SSSR count). The molecule has 0 aromatic carbocycles. The molecule has 0 unspecified atom stereocenters.